The molecule has 2 aromatic heterocycles. The molecule has 0 atom stereocenters. The van der Waals surface area contributed by atoms with Gasteiger partial charge in [0.1, 0.15) is 16.8 Å². The molecular formula is C17H19N3O2. The quantitative estimate of drug-likeness (QED) is 0.594. The van der Waals surface area contributed by atoms with Gasteiger partial charge in [-0.3, -0.25) is 0 Å². The van der Waals surface area contributed by atoms with Crippen LogP contribution in [0.25, 0.3) is 21.7 Å². The molecule has 0 amide bonds. The number of nitrogens with zero attached hydrogens (tertiary/aromatic N) is 2. The first-order valence-electron chi connectivity index (χ1n) is 7.43. The van der Waals surface area contributed by atoms with E-state index in [-0.39, 0.29) is 5.82 Å². The SMILES string of the molecule is CCN(CC)c1ccc2c(c1)oc(=O)c1c(N)nc(C)cc12. The minimum absolute atomic E-state index is 0.221. The highest BCUT2D eigenvalue weighted by molar-refractivity contribution is 6.08. The van der Waals surface area contributed by atoms with Gasteiger partial charge in [0.05, 0.1) is 0 Å². The van der Waals surface area contributed by atoms with Crippen LogP contribution in [-0.2, 0) is 0 Å². The summed E-state index contributed by atoms with van der Waals surface area (Å²) < 4.78 is 5.47. The highest BCUT2D eigenvalue weighted by atomic mass is 16.4. The van der Waals surface area contributed by atoms with Crippen LogP contribution in [0.2, 0.25) is 0 Å². The molecule has 0 aliphatic heterocycles. The topological polar surface area (TPSA) is 72.4 Å². The van der Waals surface area contributed by atoms with Crippen LogP contribution in [0.15, 0.2) is 33.5 Å². The Hall–Kier alpha value is -2.56. The molecule has 0 radical (unpaired) electrons. The van der Waals surface area contributed by atoms with E-state index < -0.39 is 5.63 Å². The van der Waals surface area contributed by atoms with Gasteiger partial charge in [0.2, 0.25) is 0 Å². The van der Waals surface area contributed by atoms with Crippen LogP contribution in [0.3, 0.4) is 0 Å². The molecule has 0 fully saturated rings. The van der Waals surface area contributed by atoms with Gasteiger partial charge in [-0.05, 0) is 39.0 Å². The Morgan fingerprint density at radius 3 is 2.59 bits per heavy atom. The number of fused-ring (bicyclic) bond motifs is 3. The number of anilines is 2. The monoisotopic (exact) mass is 297 g/mol. The fourth-order valence-electron chi connectivity index (χ4n) is 2.88. The van der Waals surface area contributed by atoms with Crippen LogP contribution >= 0.6 is 0 Å². The van der Waals surface area contributed by atoms with Gasteiger partial charge in [0.25, 0.3) is 0 Å². The number of hydrogen-bond donors (Lipinski definition) is 1. The van der Waals surface area contributed by atoms with Crippen molar-refractivity contribution in [3.05, 3.63) is 40.4 Å². The van der Waals surface area contributed by atoms with E-state index in [0.29, 0.717) is 11.0 Å². The number of rotatable bonds is 3. The third-order valence-corrected chi connectivity index (χ3v) is 3.97. The molecule has 2 heterocycles. The van der Waals surface area contributed by atoms with Gasteiger partial charge in [-0.1, -0.05) is 0 Å². The summed E-state index contributed by atoms with van der Waals surface area (Å²) in [5.74, 6) is 0.221. The standard InChI is InChI=1S/C17H19N3O2/c1-4-20(5-2)11-6-7-12-13-8-10(3)19-16(18)15(13)17(21)22-14(12)9-11/h6-9H,4-5H2,1-3H3,(H2,18,19). The molecule has 22 heavy (non-hydrogen) atoms. The summed E-state index contributed by atoms with van der Waals surface area (Å²) in [5.41, 5.74) is 7.85. The Bertz CT molecular complexity index is 911. The zero-order valence-corrected chi connectivity index (χ0v) is 13.0. The zero-order valence-electron chi connectivity index (χ0n) is 13.0. The third kappa shape index (κ3) is 2.19. The number of pyridine rings is 1. The lowest BCUT2D eigenvalue weighted by molar-refractivity contribution is 0.569. The molecule has 3 aromatic rings. The number of nitrogens with two attached hydrogens (primary N) is 1. The van der Waals surface area contributed by atoms with Crippen LogP contribution in [0.4, 0.5) is 11.5 Å². The maximum absolute atomic E-state index is 12.2. The van der Waals surface area contributed by atoms with Crippen molar-refractivity contribution in [2.24, 2.45) is 0 Å². The second kappa shape index (κ2) is 5.33. The average Bonchev–Trinajstić information content (AvgIpc) is 2.47. The van der Waals surface area contributed by atoms with Crippen LogP contribution in [-0.4, -0.2) is 18.1 Å². The number of benzene rings is 1. The van der Waals surface area contributed by atoms with Gasteiger partial charge >= 0.3 is 5.63 Å². The number of aryl methyl sites for hydroxylation is 1. The van der Waals surface area contributed by atoms with E-state index in [0.717, 1.165) is 35.2 Å². The summed E-state index contributed by atoms with van der Waals surface area (Å²) >= 11 is 0. The van der Waals surface area contributed by atoms with E-state index in [1.54, 1.807) is 0 Å². The van der Waals surface area contributed by atoms with Crippen molar-refractivity contribution in [1.82, 2.24) is 4.98 Å². The Balaban J connectivity index is 2.37. The number of hydrogen-bond acceptors (Lipinski definition) is 5. The minimum atomic E-state index is -0.441. The van der Waals surface area contributed by atoms with Crippen molar-refractivity contribution < 1.29 is 4.42 Å². The summed E-state index contributed by atoms with van der Waals surface area (Å²) in [7, 11) is 0. The normalized spacial score (nSPS) is 11.2. The van der Waals surface area contributed by atoms with Crippen molar-refractivity contribution >= 4 is 33.2 Å². The molecule has 0 saturated carbocycles. The van der Waals surface area contributed by atoms with E-state index in [1.807, 2.05) is 31.2 Å². The van der Waals surface area contributed by atoms with Gasteiger partial charge in [-0.15, -0.1) is 0 Å². The molecule has 0 bridgehead atoms. The summed E-state index contributed by atoms with van der Waals surface area (Å²) in [4.78, 5) is 18.6. The molecule has 1 aromatic carbocycles. The summed E-state index contributed by atoms with van der Waals surface area (Å²) in [6.07, 6.45) is 0. The molecule has 0 saturated heterocycles. The van der Waals surface area contributed by atoms with Crippen LogP contribution in [0.5, 0.6) is 0 Å². The lowest BCUT2D eigenvalue weighted by atomic mass is 10.1. The predicted molar refractivity (Wildman–Crippen MR) is 90.5 cm³/mol. The van der Waals surface area contributed by atoms with E-state index in [4.69, 9.17) is 10.2 Å². The Labute approximate surface area is 128 Å². The Morgan fingerprint density at radius 2 is 1.91 bits per heavy atom. The Kier molecular flexibility index (Phi) is 3.48. The van der Waals surface area contributed by atoms with Crippen molar-refractivity contribution in [2.45, 2.75) is 20.8 Å². The molecule has 5 heteroatoms. The number of nitrogen functional groups attached to an aromatic ring is 1. The van der Waals surface area contributed by atoms with Crippen LogP contribution in [0, 0.1) is 6.92 Å². The average molecular weight is 297 g/mol. The van der Waals surface area contributed by atoms with Crippen molar-refractivity contribution in [3.8, 4) is 0 Å². The Morgan fingerprint density at radius 1 is 1.18 bits per heavy atom. The summed E-state index contributed by atoms with van der Waals surface area (Å²) in [6.45, 7) is 7.85. The highest BCUT2D eigenvalue weighted by Crippen LogP contribution is 2.29. The van der Waals surface area contributed by atoms with E-state index in [1.165, 1.54) is 0 Å². The van der Waals surface area contributed by atoms with Crippen molar-refractivity contribution in [1.29, 1.82) is 0 Å². The maximum atomic E-state index is 12.2. The minimum Gasteiger partial charge on any atom is -0.422 e. The van der Waals surface area contributed by atoms with Crippen molar-refractivity contribution in [2.75, 3.05) is 23.7 Å². The third-order valence-electron chi connectivity index (χ3n) is 3.97. The molecule has 0 aliphatic carbocycles. The molecule has 5 nitrogen and oxygen atoms in total. The zero-order chi connectivity index (χ0) is 15.9. The van der Waals surface area contributed by atoms with Gasteiger partial charge in [-0.25, -0.2) is 9.78 Å². The molecule has 0 aliphatic rings. The first-order chi connectivity index (χ1) is 10.5. The van der Waals surface area contributed by atoms with Crippen LogP contribution in [0.1, 0.15) is 19.5 Å². The summed E-state index contributed by atoms with van der Waals surface area (Å²) in [5, 5.41) is 2.03. The second-order valence-corrected chi connectivity index (χ2v) is 5.31. The highest BCUT2D eigenvalue weighted by Gasteiger charge is 2.13. The fraction of sp³-hybridized carbons (Fsp3) is 0.294. The maximum Gasteiger partial charge on any atom is 0.347 e. The molecule has 0 unspecified atom stereocenters. The molecule has 2 N–H and O–H groups in total. The molecule has 3 rings (SSSR count). The molecular weight excluding hydrogens is 278 g/mol. The lowest BCUT2D eigenvalue weighted by Crippen LogP contribution is -2.21. The lowest BCUT2D eigenvalue weighted by Gasteiger charge is -2.21. The van der Waals surface area contributed by atoms with Gasteiger partial charge in [-0.2, -0.15) is 0 Å². The van der Waals surface area contributed by atoms with Gasteiger partial charge in [0.15, 0.2) is 0 Å². The van der Waals surface area contributed by atoms with E-state index in [9.17, 15) is 4.79 Å². The number of aromatic nitrogens is 1. The smallest absolute Gasteiger partial charge is 0.347 e. The first-order valence-corrected chi connectivity index (χ1v) is 7.43. The van der Waals surface area contributed by atoms with Crippen molar-refractivity contribution in [3.63, 3.8) is 0 Å². The fourth-order valence-corrected chi connectivity index (χ4v) is 2.88. The largest absolute Gasteiger partial charge is 0.422 e. The van der Waals surface area contributed by atoms with Gasteiger partial charge in [0, 0.05) is 41.3 Å². The second-order valence-electron chi connectivity index (χ2n) is 5.31. The van der Waals surface area contributed by atoms with Gasteiger partial charge < -0.3 is 15.1 Å². The van der Waals surface area contributed by atoms with Crippen LogP contribution < -0.4 is 16.3 Å². The van der Waals surface area contributed by atoms with E-state index >= 15 is 0 Å². The molecule has 0 spiro atoms. The first kappa shape index (κ1) is 14.4. The summed E-state index contributed by atoms with van der Waals surface area (Å²) in [6, 6.07) is 7.81. The molecule has 114 valence electrons. The van der Waals surface area contributed by atoms with E-state index in [2.05, 4.69) is 23.7 Å². The predicted octanol–water partition coefficient (Wildman–Crippen LogP) is 3.08.